The van der Waals surface area contributed by atoms with Gasteiger partial charge in [-0.2, -0.15) is 0 Å². The summed E-state index contributed by atoms with van der Waals surface area (Å²) in [6.07, 6.45) is 0.780. The molecule has 1 fully saturated rings. The fourth-order valence-electron chi connectivity index (χ4n) is 5.05. The zero-order chi connectivity index (χ0) is 24.8. The van der Waals surface area contributed by atoms with Crippen molar-refractivity contribution in [2.24, 2.45) is 0 Å². The molecule has 1 heterocycles. The van der Waals surface area contributed by atoms with E-state index in [1.807, 2.05) is 31.2 Å². The summed E-state index contributed by atoms with van der Waals surface area (Å²) in [5.41, 5.74) is 3.77. The Hall–Kier alpha value is -3.39. The van der Waals surface area contributed by atoms with E-state index in [-0.39, 0.29) is 31.3 Å². The van der Waals surface area contributed by atoms with E-state index < -0.39 is 23.6 Å². The van der Waals surface area contributed by atoms with Gasteiger partial charge in [-0.05, 0) is 41.5 Å². The van der Waals surface area contributed by atoms with Gasteiger partial charge in [0.15, 0.2) is 0 Å². The molecule has 8 heteroatoms. The third-order valence-electron chi connectivity index (χ3n) is 6.94. The molecule has 1 aliphatic carbocycles. The molecule has 186 valence electrons. The van der Waals surface area contributed by atoms with E-state index in [2.05, 4.69) is 34.9 Å². The lowest BCUT2D eigenvalue weighted by atomic mass is 9.86. The molecule has 1 atom stereocenters. The van der Waals surface area contributed by atoms with E-state index >= 15 is 0 Å². The minimum Gasteiger partial charge on any atom is -0.481 e. The molecule has 3 N–H and O–H groups in total. The zero-order valence-electron chi connectivity index (χ0n) is 19.9. The molecular weight excluding hydrogens is 448 g/mol. The van der Waals surface area contributed by atoms with Gasteiger partial charge < -0.3 is 25.2 Å². The largest absolute Gasteiger partial charge is 0.481 e. The average Bonchev–Trinajstić information content (AvgIpc) is 3.16. The van der Waals surface area contributed by atoms with E-state index in [1.54, 1.807) is 0 Å². The summed E-state index contributed by atoms with van der Waals surface area (Å²) >= 11 is 0. The van der Waals surface area contributed by atoms with Gasteiger partial charge in [0.1, 0.15) is 6.61 Å². The van der Waals surface area contributed by atoms with Gasteiger partial charge >= 0.3 is 12.1 Å². The molecule has 0 radical (unpaired) electrons. The van der Waals surface area contributed by atoms with Crippen LogP contribution in [0.15, 0.2) is 48.5 Å². The van der Waals surface area contributed by atoms with Crippen molar-refractivity contribution in [1.29, 1.82) is 0 Å². The van der Waals surface area contributed by atoms with Gasteiger partial charge in [-0.3, -0.25) is 9.59 Å². The van der Waals surface area contributed by atoms with Crippen molar-refractivity contribution in [1.82, 2.24) is 10.6 Å². The number of carbonyl (C=O) groups excluding carboxylic acids is 2. The molecule has 0 spiro atoms. The topological polar surface area (TPSA) is 114 Å². The Labute approximate surface area is 205 Å². The van der Waals surface area contributed by atoms with Crippen LogP contribution >= 0.6 is 0 Å². The third-order valence-corrected chi connectivity index (χ3v) is 6.94. The maximum atomic E-state index is 12.9. The van der Waals surface area contributed by atoms with Crippen molar-refractivity contribution >= 4 is 18.0 Å². The zero-order valence-corrected chi connectivity index (χ0v) is 19.9. The monoisotopic (exact) mass is 480 g/mol. The second-order valence-electron chi connectivity index (χ2n) is 9.29. The number of carboxylic acid groups (broad SMARTS) is 1. The average molecular weight is 481 g/mol. The quantitative estimate of drug-likeness (QED) is 0.503. The van der Waals surface area contributed by atoms with Crippen LogP contribution in [0.3, 0.4) is 0 Å². The Morgan fingerprint density at radius 1 is 1.06 bits per heavy atom. The number of fused-ring (bicyclic) bond motifs is 3. The number of carbonyl (C=O) groups is 3. The minimum absolute atomic E-state index is 0.0384. The van der Waals surface area contributed by atoms with Crippen LogP contribution in [0, 0.1) is 0 Å². The van der Waals surface area contributed by atoms with Crippen molar-refractivity contribution < 1.29 is 29.0 Å². The molecule has 4 rings (SSSR count). The van der Waals surface area contributed by atoms with E-state index in [0.29, 0.717) is 32.5 Å². The second kappa shape index (κ2) is 10.9. The Morgan fingerprint density at radius 3 is 2.23 bits per heavy atom. The maximum absolute atomic E-state index is 12.9. The van der Waals surface area contributed by atoms with Crippen molar-refractivity contribution in [3.05, 3.63) is 59.7 Å². The highest BCUT2D eigenvalue weighted by atomic mass is 16.5. The highest BCUT2D eigenvalue weighted by Gasteiger charge is 2.38. The fraction of sp³-hybridized carbons (Fsp3) is 0.444. The molecule has 2 aromatic rings. The van der Waals surface area contributed by atoms with Gasteiger partial charge in [-0.15, -0.1) is 0 Å². The van der Waals surface area contributed by atoms with E-state index in [9.17, 15) is 14.4 Å². The lowest BCUT2D eigenvalue weighted by Crippen LogP contribution is -2.55. The number of ether oxygens (including phenoxy) is 2. The first-order valence-electron chi connectivity index (χ1n) is 12.1. The molecule has 0 saturated carbocycles. The lowest BCUT2D eigenvalue weighted by molar-refractivity contribution is -0.137. The van der Waals surface area contributed by atoms with Crippen molar-refractivity contribution in [2.75, 3.05) is 19.8 Å². The van der Waals surface area contributed by atoms with Crippen molar-refractivity contribution in [3.8, 4) is 11.1 Å². The normalized spacial score (nSPS) is 17.1. The van der Waals surface area contributed by atoms with Crippen LogP contribution in [0.4, 0.5) is 4.79 Å². The number of benzene rings is 2. The van der Waals surface area contributed by atoms with Crippen LogP contribution in [0.5, 0.6) is 0 Å². The van der Waals surface area contributed by atoms with Crippen molar-refractivity contribution in [2.45, 2.75) is 56.5 Å². The Balaban J connectivity index is 1.40. The molecule has 1 unspecified atom stereocenters. The van der Waals surface area contributed by atoms with Crippen LogP contribution in [0.2, 0.25) is 0 Å². The van der Waals surface area contributed by atoms with Crippen LogP contribution < -0.4 is 10.6 Å². The first-order chi connectivity index (χ1) is 16.9. The standard InChI is InChI=1S/C27H32N2O6/c1-2-18(15-25(31)32)28-24(30)16-27(11-13-34-14-12-27)29-26(33)35-17-23-21-9-5-3-7-19(21)20-8-4-6-10-22(20)23/h3-10,18,23H,2,11-17H2,1H3,(H,28,30)(H,29,33)(H,31,32). The van der Waals surface area contributed by atoms with Crippen molar-refractivity contribution in [3.63, 3.8) is 0 Å². The molecule has 2 aliphatic rings. The Kier molecular flexibility index (Phi) is 7.70. The molecule has 0 bridgehead atoms. The fourth-order valence-corrected chi connectivity index (χ4v) is 5.05. The maximum Gasteiger partial charge on any atom is 0.407 e. The number of nitrogens with one attached hydrogen (secondary N) is 2. The molecule has 1 saturated heterocycles. The molecular formula is C27H32N2O6. The summed E-state index contributed by atoms with van der Waals surface area (Å²) in [7, 11) is 0. The molecule has 2 aromatic carbocycles. The third kappa shape index (κ3) is 5.82. The van der Waals surface area contributed by atoms with E-state index in [4.69, 9.17) is 14.6 Å². The number of hydrogen-bond acceptors (Lipinski definition) is 5. The van der Waals surface area contributed by atoms with Gasteiger partial charge in [0.25, 0.3) is 0 Å². The number of carboxylic acids is 1. The summed E-state index contributed by atoms with van der Waals surface area (Å²) in [5.74, 6) is -1.31. The van der Waals surface area contributed by atoms with Crippen LogP contribution in [0.1, 0.15) is 56.1 Å². The molecule has 1 aliphatic heterocycles. The Morgan fingerprint density at radius 2 is 1.66 bits per heavy atom. The lowest BCUT2D eigenvalue weighted by Gasteiger charge is -2.37. The first-order valence-corrected chi connectivity index (χ1v) is 12.1. The Bertz CT molecular complexity index is 1030. The summed E-state index contributed by atoms with van der Waals surface area (Å²) in [6, 6.07) is 15.8. The smallest absolute Gasteiger partial charge is 0.407 e. The minimum atomic E-state index is -0.963. The van der Waals surface area contributed by atoms with Gasteiger partial charge in [0.05, 0.1) is 12.0 Å². The number of hydrogen-bond donors (Lipinski definition) is 3. The van der Waals surface area contributed by atoms with Gasteiger partial charge in [-0.1, -0.05) is 55.5 Å². The number of rotatable bonds is 9. The SMILES string of the molecule is CCC(CC(=O)O)NC(=O)CC1(NC(=O)OCC2c3ccccc3-c3ccccc32)CCOCC1. The molecule has 35 heavy (non-hydrogen) atoms. The predicted octanol–water partition coefficient (Wildman–Crippen LogP) is 3.83. The highest BCUT2D eigenvalue weighted by Crippen LogP contribution is 2.44. The van der Waals surface area contributed by atoms with E-state index in [0.717, 1.165) is 22.3 Å². The van der Waals surface area contributed by atoms with Crippen LogP contribution in [-0.4, -0.2) is 54.5 Å². The number of aliphatic carboxylic acids is 1. The van der Waals surface area contributed by atoms with Gasteiger partial charge in [-0.25, -0.2) is 4.79 Å². The van der Waals surface area contributed by atoms with Gasteiger partial charge in [0.2, 0.25) is 5.91 Å². The van der Waals surface area contributed by atoms with Crippen LogP contribution in [0.25, 0.3) is 11.1 Å². The van der Waals surface area contributed by atoms with Crippen LogP contribution in [-0.2, 0) is 19.1 Å². The highest BCUT2D eigenvalue weighted by molar-refractivity contribution is 5.80. The molecule has 2 amide bonds. The summed E-state index contributed by atoms with van der Waals surface area (Å²) in [4.78, 5) is 36.7. The summed E-state index contributed by atoms with van der Waals surface area (Å²) in [5, 5.41) is 14.8. The summed E-state index contributed by atoms with van der Waals surface area (Å²) in [6.45, 7) is 2.86. The number of amides is 2. The van der Waals surface area contributed by atoms with E-state index in [1.165, 1.54) is 0 Å². The molecule has 8 nitrogen and oxygen atoms in total. The number of alkyl carbamates (subject to hydrolysis) is 1. The predicted molar refractivity (Wildman–Crippen MR) is 130 cm³/mol. The first kappa shape index (κ1) is 24.7. The second-order valence-corrected chi connectivity index (χ2v) is 9.29. The van der Waals surface area contributed by atoms with Gasteiger partial charge in [0, 0.05) is 31.6 Å². The molecule has 0 aromatic heterocycles. The summed E-state index contributed by atoms with van der Waals surface area (Å²) < 4.78 is 11.2.